The lowest BCUT2D eigenvalue weighted by Crippen LogP contribution is -1.97. The molecular weight excluding hydrogens is 276 g/mol. The van der Waals surface area contributed by atoms with E-state index in [1.807, 2.05) is 11.4 Å². The Morgan fingerprint density at radius 1 is 1.21 bits per heavy atom. The van der Waals surface area contributed by atoms with Crippen molar-refractivity contribution < 1.29 is 9.84 Å². The molecule has 0 spiro atoms. The first-order valence-corrected chi connectivity index (χ1v) is 7.92. The van der Waals surface area contributed by atoms with E-state index in [-0.39, 0.29) is 6.61 Å². The van der Waals surface area contributed by atoms with Crippen molar-refractivity contribution >= 4 is 22.7 Å². The predicted octanol–water partition coefficient (Wildman–Crippen LogP) is 3.30. The van der Waals surface area contributed by atoms with Crippen molar-refractivity contribution in [2.24, 2.45) is 0 Å². The zero-order chi connectivity index (χ0) is 13.3. The van der Waals surface area contributed by atoms with Crippen LogP contribution in [0.4, 0.5) is 0 Å². The van der Waals surface area contributed by atoms with Gasteiger partial charge in [-0.2, -0.15) is 0 Å². The largest absolute Gasteiger partial charge is 0.395 e. The third kappa shape index (κ3) is 4.81. The minimum Gasteiger partial charge on any atom is -0.395 e. The zero-order valence-electron chi connectivity index (χ0n) is 10.6. The number of hydrogen-bond acceptors (Lipinski definition) is 4. The van der Waals surface area contributed by atoms with Crippen LogP contribution in [0, 0.1) is 11.8 Å². The smallest absolute Gasteiger partial charge is 0.0822 e. The van der Waals surface area contributed by atoms with E-state index in [9.17, 15) is 0 Å². The maximum atomic E-state index is 8.70. The van der Waals surface area contributed by atoms with Gasteiger partial charge in [-0.3, -0.25) is 0 Å². The van der Waals surface area contributed by atoms with Crippen molar-refractivity contribution in [1.29, 1.82) is 0 Å². The van der Waals surface area contributed by atoms with Gasteiger partial charge in [0, 0.05) is 28.2 Å². The molecule has 0 saturated carbocycles. The number of aliphatic hydroxyl groups excluding tert-OH is 1. The quantitative estimate of drug-likeness (QED) is 0.654. The van der Waals surface area contributed by atoms with Gasteiger partial charge in [-0.25, -0.2) is 0 Å². The highest BCUT2D eigenvalue weighted by atomic mass is 32.1. The molecule has 0 unspecified atom stereocenters. The van der Waals surface area contributed by atoms with E-state index in [2.05, 4.69) is 29.4 Å². The Morgan fingerprint density at radius 2 is 2.16 bits per heavy atom. The standard InChI is InChI=1S/C15H16O2S2/c16-8-2-1-4-13-7-11-19-15(13)12-17-9-6-14-5-3-10-18-14/h3,5,7,10-11,16H,2,6,8-9,12H2. The highest BCUT2D eigenvalue weighted by Crippen LogP contribution is 2.17. The van der Waals surface area contributed by atoms with Crippen molar-refractivity contribution in [2.45, 2.75) is 19.4 Å². The van der Waals surface area contributed by atoms with E-state index in [0.29, 0.717) is 13.0 Å². The van der Waals surface area contributed by atoms with Gasteiger partial charge in [0.25, 0.3) is 0 Å². The van der Waals surface area contributed by atoms with Crippen LogP contribution in [0.2, 0.25) is 0 Å². The van der Waals surface area contributed by atoms with E-state index < -0.39 is 0 Å². The summed E-state index contributed by atoms with van der Waals surface area (Å²) >= 11 is 3.43. The van der Waals surface area contributed by atoms with E-state index in [1.165, 1.54) is 4.88 Å². The maximum Gasteiger partial charge on any atom is 0.0822 e. The lowest BCUT2D eigenvalue weighted by atomic mass is 10.2. The van der Waals surface area contributed by atoms with Crippen molar-refractivity contribution in [3.05, 3.63) is 44.3 Å². The second-order valence-corrected chi connectivity index (χ2v) is 5.95. The number of ether oxygens (including phenoxy) is 1. The molecule has 100 valence electrons. The molecule has 2 rings (SSSR count). The minimum atomic E-state index is 0.115. The van der Waals surface area contributed by atoms with E-state index in [1.54, 1.807) is 22.7 Å². The third-order valence-corrected chi connectivity index (χ3v) is 4.34. The van der Waals surface area contributed by atoms with E-state index in [0.717, 1.165) is 23.5 Å². The van der Waals surface area contributed by atoms with Gasteiger partial charge in [0.05, 0.1) is 19.8 Å². The lowest BCUT2D eigenvalue weighted by Gasteiger charge is -2.02. The Labute approximate surface area is 121 Å². The summed E-state index contributed by atoms with van der Waals surface area (Å²) < 4.78 is 5.70. The average molecular weight is 292 g/mol. The van der Waals surface area contributed by atoms with Crippen LogP contribution < -0.4 is 0 Å². The van der Waals surface area contributed by atoms with Gasteiger partial charge in [0.15, 0.2) is 0 Å². The number of aliphatic hydroxyl groups is 1. The Bertz CT molecular complexity index is 532. The summed E-state index contributed by atoms with van der Waals surface area (Å²) in [5, 5.41) is 12.8. The van der Waals surface area contributed by atoms with Crippen LogP contribution in [0.1, 0.15) is 21.7 Å². The van der Waals surface area contributed by atoms with Crippen molar-refractivity contribution in [1.82, 2.24) is 0 Å². The normalized spacial score (nSPS) is 10.2. The summed E-state index contributed by atoms with van der Waals surface area (Å²) in [5.74, 6) is 6.01. The van der Waals surface area contributed by atoms with Crippen molar-refractivity contribution in [3.8, 4) is 11.8 Å². The van der Waals surface area contributed by atoms with Gasteiger partial charge in [-0.1, -0.05) is 17.9 Å². The molecule has 2 heterocycles. The molecule has 0 radical (unpaired) electrons. The summed E-state index contributed by atoms with van der Waals surface area (Å²) in [5.41, 5.74) is 1.02. The first-order valence-electron chi connectivity index (χ1n) is 6.16. The maximum absolute atomic E-state index is 8.70. The monoisotopic (exact) mass is 292 g/mol. The molecule has 0 bridgehead atoms. The van der Waals surface area contributed by atoms with Crippen LogP contribution in [0.5, 0.6) is 0 Å². The minimum absolute atomic E-state index is 0.115. The van der Waals surface area contributed by atoms with Crippen molar-refractivity contribution in [2.75, 3.05) is 13.2 Å². The van der Waals surface area contributed by atoms with Crippen LogP contribution in [-0.4, -0.2) is 18.3 Å². The second kappa shape index (κ2) is 8.13. The number of rotatable bonds is 6. The first-order chi connectivity index (χ1) is 9.40. The fraction of sp³-hybridized carbons (Fsp3) is 0.333. The highest BCUT2D eigenvalue weighted by Gasteiger charge is 2.02. The van der Waals surface area contributed by atoms with Gasteiger partial charge in [0.2, 0.25) is 0 Å². The molecule has 2 nitrogen and oxygen atoms in total. The predicted molar refractivity (Wildman–Crippen MR) is 80.6 cm³/mol. The van der Waals surface area contributed by atoms with Crippen LogP contribution in [0.15, 0.2) is 29.0 Å². The molecule has 0 aliphatic rings. The molecule has 0 aliphatic heterocycles. The molecule has 0 aliphatic carbocycles. The molecule has 0 amide bonds. The van der Waals surface area contributed by atoms with Gasteiger partial charge in [-0.05, 0) is 22.9 Å². The summed E-state index contributed by atoms with van der Waals surface area (Å²) in [7, 11) is 0. The number of hydrogen-bond donors (Lipinski definition) is 1. The molecule has 4 heteroatoms. The van der Waals surface area contributed by atoms with E-state index >= 15 is 0 Å². The van der Waals surface area contributed by atoms with Crippen LogP contribution >= 0.6 is 22.7 Å². The fourth-order valence-electron chi connectivity index (χ4n) is 1.57. The first kappa shape index (κ1) is 14.3. The topological polar surface area (TPSA) is 29.5 Å². The summed E-state index contributed by atoms with van der Waals surface area (Å²) in [6.45, 7) is 1.47. The molecule has 0 atom stereocenters. The van der Waals surface area contributed by atoms with Gasteiger partial charge < -0.3 is 9.84 Å². The molecule has 2 aromatic heterocycles. The Kier molecular flexibility index (Phi) is 6.12. The zero-order valence-corrected chi connectivity index (χ0v) is 12.2. The highest BCUT2D eigenvalue weighted by molar-refractivity contribution is 7.10. The SMILES string of the molecule is OCCC#Cc1ccsc1COCCc1cccs1. The molecule has 0 aromatic carbocycles. The summed E-state index contributed by atoms with van der Waals surface area (Å²) in [6, 6.07) is 6.20. The van der Waals surface area contributed by atoms with Crippen LogP contribution in [0.25, 0.3) is 0 Å². The van der Waals surface area contributed by atoms with Crippen LogP contribution in [0.3, 0.4) is 0 Å². The summed E-state index contributed by atoms with van der Waals surface area (Å²) in [4.78, 5) is 2.52. The second-order valence-electron chi connectivity index (χ2n) is 3.91. The molecule has 1 N–H and O–H groups in total. The molecular formula is C15H16O2S2. The van der Waals surface area contributed by atoms with Crippen LogP contribution in [-0.2, 0) is 17.8 Å². The number of thiophene rings is 2. The molecule has 0 fully saturated rings. The van der Waals surface area contributed by atoms with Crippen molar-refractivity contribution in [3.63, 3.8) is 0 Å². The summed E-state index contributed by atoms with van der Waals surface area (Å²) in [6.07, 6.45) is 1.49. The lowest BCUT2D eigenvalue weighted by molar-refractivity contribution is 0.126. The van der Waals surface area contributed by atoms with Gasteiger partial charge in [0.1, 0.15) is 0 Å². The Balaban J connectivity index is 1.77. The average Bonchev–Trinajstić information content (AvgIpc) is 3.06. The fourth-order valence-corrected chi connectivity index (χ4v) is 3.03. The Hall–Kier alpha value is -1.12. The molecule has 0 saturated heterocycles. The third-order valence-electron chi connectivity index (χ3n) is 2.51. The molecule has 2 aromatic rings. The Morgan fingerprint density at radius 3 is 2.95 bits per heavy atom. The van der Waals surface area contributed by atoms with Gasteiger partial charge >= 0.3 is 0 Å². The van der Waals surface area contributed by atoms with E-state index in [4.69, 9.17) is 9.84 Å². The van der Waals surface area contributed by atoms with Gasteiger partial charge in [-0.15, -0.1) is 22.7 Å². The molecule has 19 heavy (non-hydrogen) atoms.